The molecule has 0 spiro atoms. The van der Waals surface area contributed by atoms with E-state index in [2.05, 4.69) is 39.1 Å². The van der Waals surface area contributed by atoms with Crippen LogP contribution in [-0.2, 0) is 12.8 Å². The van der Waals surface area contributed by atoms with Gasteiger partial charge in [0.15, 0.2) is 5.96 Å². The zero-order valence-electron chi connectivity index (χ0n) is 17.0. The van der Waals surface area contributed by atoms with Crippen molar-refractivity contribution in [3.05, 3.63) is 59.2 Å². The van der Waals surface area contributed by atoms with Crippen LogP contribution in [0.3, 0.4) is 0 Å². The average Bonchev–Trinajstić information content (AvgIpc) is 3.23. The van der Waals surface area contributed by atoms with E-state index in [-0.39, 0.29) is 5.91 Å². The number of hydrogen-bond acceptors (Lipinski definition) is 4. The number of amides is 1. The lowest BCUT2D eigenvalue weighted by Crippen LogP contribution is -2.42. The van der Waals surface area contributed by atoms with Crippen LogP contribution in [0.2, 0.25) is 0 Å². The zero-order valence-corrected chi connectivity index (χ0v) is 17.0. The minimum atomic E-state index is -0.130. The third kappa shape index (κ3) is 5.88. The summed E-state index contributed by atoms with van der Waals surface area (Å²) in [5.74, 6) is 2.26. The fourth-order valence-corrected chi connectivity index (χ4v) is 3.16. The molecule has 0 radical (unpaired) electrons. The Labute approximate surface area is 171 Å². The molecule has 0 saturated carbocycles. The number of fused-ring (bicyclic) bond motifs is 1. The maximum Gasteiger partial charge on any atom is 0.251 e. The standard InChI is InChI=1S/C22H28N4O3/c1-23-22(25-10-8-16-6-7-20-17(14-16)9-13-29-20)26-12-11-24-21(27)18-4-3-5-19(15-18)28-2/h3-7,14-15H,8-13H2,1-2H3,(H,24,27)(H2,23,25,26). The van der Waals surface area contributed by atoms with Crippen LogP contribution < -0.4 is 25.4 Å². The van der Waals surface area contributed by atoms with Gasteiger partial charge >= 0.3 is 0 Å². The normalized spacial score (nSPS) is 12.7. The Bertz CT molecular complexity index is 867. The van der Waals surface area contributed by atoms with E-state index in [1.807, 2.05) is 6.07 Å². The summed E-state index contributed by atoms with van der Waals surface area (Å²) in [7, 11) is 3.31. The van der Waals surface area contributed by atoms with E-state index in [1.54, 1.807) is 32.4 Å². The van der Waals surface area contributed by atoms with Crippen molar-refractivity contribution < 1.29 is 14.3 Å². The number of carbonyl (C=O) groups is 1. The van der Waals surface area contributed by atoms with E-state index in [4.69, 9.17) is 9.47 Å². The van der Waals surface area contributed by atoms with Crippen molar-refractivity contribution >= 4 is 11.9 Å². The molecule has 0 unspecified atom stereocenters. The summed E-state index contributed by atoms with van der Waals surface area (Å²) in [6.45, 7) is 2.62. The van der Waals surface area contributed by atoms with Crippen LogP contribution in [0.4, 0.5) is 0 Å². The van der Waals surface area contributed by atoms with Gasteiger partial charge in [0, 0.05) is 38.7 Å². The second kappa shape index (κ2) is 10.4. The lowest BCUT2D eigenvalue weighted by atomic mass is 10.1. The van der Waals surface area contributed by atoms with Gasteiger partial charge in [0.2, 0.25) is 0 Å². The lowest BCUT2D eigenvalue weighted by molar-refractivity contribution is 0.0954. The molecule has 0 aromatic heterocycles. The number of nitrogens with one attached hydrogen (secondary N) is 3. The van der Waals surface area contributed by atoms with Gasteiger partial charge in [-0.3, -0.25) is 9.79 Å². The molecule has 1 amide bonds. The highest BCUT2D eigenvalue weighted by atomic mass is 16.5. The first-order valence-corrected chi connectivity index (χ1v) is 9.81. The van der Waals surface area contributed by atoms with Crippen LogP contribution in [0.25, 0.3) is 0 Å². The highest BCUT2D eigenvalue weighted by Crippen LogP contribution is 2.25. The minimum absolute atomic E-state index is 0.130. The fraction of sp³-hybridized carbons (Fsp3) is 0.364. The van der Waals surface area contributed by atoms with E-state index in [1.165, 1.54) is 11.1 Å². The van der Waals surface area contributed by atoms with Crippen molar-refractivity contribution in [2.45, 2.75) is 12.8 Å². The van der Waals surface area contributed by atoms with Crippen LogP contribution in [0.1, 0.15) is 21.5 Å². The van der Waals surface area contributed by atoms with Gasteiger partial charge in [0.05, 0.1) is 13.7 Å². The van der Waals surface area contributed by atoms with Gasteiger partial charge in [-0.25, -0.2) is 0 Å². The summed E-state index contributed by atoms with van der Waals surface area (Å²) in [4.78, 5) is 16.4. The summed E-state index contributed by atoms with van der Waals surface area (Å²) in [6, 6.07) is 13.5. The molecule has 7 nitrogen and oxygen atoms in total. The molecule has 29 heavy (non-hydrogen) atoms. The van der Waals surface area contributed by atoms with Gasteiger partial charge in [0.1, 0.15) is 11.5 Å². The molecule has 7 heteroatoms. The minimum Gasteiger partial charge on any atom is -0.497 e. The SMILES string of the molecule is CN=C(NCCNC(=O)c1cccc(OC)c1)NCCc1ccc2c(c1)CCO2. The Kier molecular flexibility index (Phi) is 7.33. The molecule has 1 aliphatic heterocycles. The molecule has 0 saturated heterocycles. The van der Waals surface area contributed by atoms with Gasteiger partial charge in [-0.15, -0.1) is 0 Å². The van der Waals surface area contributed by atoms with Crippen molar-refractivity contribution in [2.24, 2.45) is 4.99 Å². The van der Waals surface area contributed by atoms with Crippen molar-refractivity contribution in [1.29, 1.82) is 0 Å². The Morgan fingerprint density at radius 1 is 1.10 bits per heavy atom. The van der Waals surface area contributed by atoms with E-state index in [9.17, 15) is 4.79 Å². The second-order valence-corrected chi connectivity index (χ2v) is 6.70. The Balaban J connectivity index is 1.35. The first-order chi connectivity index (χ1) is 14.2. The molecule has 2 aromatic rings. The summed E-state index contributed by atoms with van der Waals surface area (Å²) < 4.78 is 10.7. The van der Waals surface area contributed by atoms with E-state index < -0.39 is 0 Å². The predicted molar refractivity (Wildman–Crippen MR) is 114 cm³/mol. The van der Waals surface area contributed by atoms with Crippen LogP contribution in [-0.4, -0.2) is 52.3 Å². The zero-order chi connectivity index (χ0) is 20.5. The Hall–Kier alpha value is -3.22. The van der Waals surface area contributed by atoms with Gasteiger partial charge in [-0.2, -0.15) is 0 Å². The molecule has 1 aliphatic rings. The number of benzene rings is 2. The Morgan fingerprint density at radius 3 is 2.76 bits per heavy atom. The van der Waals surface area contributed by atoms with E-state index in [0.29, 0.717) is 30.4 Å². The highest BCUT2D eigenvalue weighted by Gasteiger charge is 2.11. The monoisotopic (exact) mass is 396 g/mol. The Morgan fingerprint density at radius 2 is 1.93 bits per heavy atom. The van der Waals surface area contributed by atoms with E-state index >= 15 is 0 Å². The number of nitrogens with zero attached hydrogens (tertiary/aromatic N) is 1. The molecular weight excluding hydrogens is 368 g/mol. The van der Waals surface area contributed by atoms with E-state index in [0.717, 1.165) is 31.7 Å². The van der Waals surface area contributed by atoms with Gasteiger partial charge in [-0.1, -0.05) is 18.2 Å². The number of hydrogen-bond donors (Lipinski definition) is 3. The first-order valence-electron chi connectivity index (χ1n) is 9.81. The van der Waals surface area contributed by atoms with Crippen molar-refractivity contribution in [3.63, 3.8) is 0 Å². The number of guanidine groups is 1. The second-order valence-electron chi connectivity index (χ2n) is 6.70. The smallest absolute Gasteiger partial charge is 0.251 e. The molecule has 3 N–H and O–H groups in total. The average molecular weight is 396 g/mol. The fourth-order valence-electron chi connectivity index (χ4n) is 3.16. The molecule has 0 aliphatic carbocycles. The summed E-state index contributed by atoms with van der Waals surface area (Å²) in [5.41, 5.74) is 3.14. The molecule has 0 bridgehead atoms. The lowest BCUT2D eigenvalue weighted by Gasteiger charge is -2.13. The summed E-state index contributed by atoms with van der Waals surface area (Å²) >= 11 is 0. The molecule has 1 heterocycles. The maximum absolute atomic E-state index is 12.2. The van der Waals surface area contributed by atoms with Crippen LogP contribution in [0, 0.1) is 0 Å². The maximum atomic E-state index is 12.2. The molecule has 154 valence electrons. The topological polar surface area (TPSA) is 84.0 Å². The molecule has 3 rings (SSSR count). The summed E-state index contributed by atoms with van der Waals surface area (Å²) in [6.07, 6.45) is 1.89. The number of carbonyl (C=O) groups excluding carboxylic acids is 1. The number of methoxy groups -OCH3 is 1. The molecule has 2 aromatic carbocycles. The van der Waals surface area contributed by atoms with Crippen LogP contribution >= 0.6 is 0 Å². The quantitative estimate of drug-likeness (QED) is 0.360. The van der Waals surface area contributed by atoms with Crippen LogP contribution in [0.5, 0.6) is 11.5 Å². The van der Waals surface area contributed by atoms with Crippen molar-refractivity contribution in [1.82, 2.24) is 16.0 Å². The van der Waals surface area contributed by atoms with Gasteiger partial charge < -0.3 is 25.4 Å². The van der Waals surface area contributed by atoms with Gasteiger partial charge in [-0.05, 0) is 41.8 Å². The van der Waals surface area contributed by atoms with Crippen LogP contribution in [0.15, 0.2) is 47.5 Å². The van der Waals surface area contributed by atoms with Crippen molar-refractivity contribution in [3.8, 4) is 11.5 Å². The number of ether oxygens (including phenoxy) is 2. The molecule has 0 fully saturated rings. The predicted octanol–water partition coefficient (Wildman–Crippen LogP) is 1.77. The number of rotatable bonds is 8. The number of aliphatic imine (C=N–C) groups is 1. The van der Waals surface area contributed by atoms with Crippen molar-refractivity contribution in [2.75, 3.05) is 40.4 Å². The third-order valence-corrected chi connectivity index (χ3v) is 4.72. The highest BCUT2D eigenvalue weighted by molar-refractivity contribution is 5.94. The molecular formula is C22H28N4O3. The van der Waals surface area contributed by atoms with Gasteiger partial charge in [0.25, 0.3) is 5.91 Å². The summed E-state index contributed by atoms with van der Waals surface area (Å²) in [5, 5.41) is 9.39. The third-order valence-electron chi connectivity index (χ3n) is 4.72. The molecule has 0 atom stereocenters. The first kappa shape index (κ1) is 20.5. The largest absolute Gasteiger partial charge is 0.497 e.